The minimum absolute atomic E-state index is 0.802. The SMILES string of the molecule is Cc1nc(SCc2cnn(-c3ccccc3)c2)c2ccccc2n1. The van der Waals surface area contributed by atoms with Gasteiger partial charge in [0.1, 0.15) is 10.9 Å². The maximum Gasteiger partial charge on any atom is 0.127 e. The zero-order valence-electron chi connectivity index (χ0n) is 13.3. The van der Waals surface area contributed by atoms with E-state index in [4.69, 9.17) is 0 Å². The Kier molecular flexibility index (Phi) is 4.01. The molecule has 0 radical (unpaired) electrons. The first kappa shape index (κ1) is 14.9. The fraction of sp³-hybridized carbons (Fsp3) is 0.105. The van der Waals surface area contributed by atoms with E-state index >= 15 is 0 Å². The lowest BCUT2D eigenvalue weighted by atomic mass is 10.2. The van der Waals surface area contributed by atoms with Crippen LogP contribution in [0.2, 0.25) is 0 Å². The van der Waals surface area contributed by atoms with Gasteiger partial charge in [0.25, 0.3) is 0 Å². The van der Waals surface area contributed by atoms with Gasteiger partial charge in [0.15, 0.2) is 0 Å². The van der Waals surface area contributed by atoms with Crippen LogP contribution in [0.1, 0.15) is 11.4 Å². The average Bonchev–Trinajstić information content (AvgIpc) is 3.09. The van der Waals surface area contributed by atoms with Crippen LogP contribution >= 0.6 is 11.8 Å². The first-order valence-corrected chi connectivity index (χ1v) is 8.73. The van der Waals surface area contributed by atoms with Crippen molar-refractivity contribution in [2.24, 2.45) is 0 Å². The summed E-state index contributed by atoms with van der Waals surface area (Å²) in [6, 6.07) is 18.3. The van der Waals surface area contributed by atoms with Crippen molar-refractivity contribution in [1.29, 1.82) is 0 Å². The molecule has 0 aliphatic carbocycles. The van der Waals surface area contributed by atoms with Crippen LogP contribution in [0.3, 0.4) is 0 Å². The summed E-state index contributed by atoms with van der Waals surface area (Å²) >= 11 is 1.72. The van der Waals surface area contributed by atoms with Gasteiger partial charge in [-0.1, -0.05) is 36.4 Å². The van der Waals surface area contributed by atoms with E-state index in [1.54, 1.807) is 11.8 Å². The second-order valence-corrected chi connectivity index (χ2v) is 6.47. The third kappa shape index (κ3) is 3.03. The summed E-state index contributed by atoms with van der Waals surface area (Å²) in [4.78, 5) is 9.10. The van der Waals surface area contributed by atoms with Gasteiger partial charge in [0.05, 0.1) is 17.4 Å². The topological polar surface area (TPSA) is 43.6 Å². The molecule has 2 aromatic carbocycles. The van der Waals surface area contributed by atoms with Crippen LogP contribution in [0.4, 0.5) is 0 Å². The number of nitrogens with zero attached hydrogens (tertiary/aromatic N) is 4. The van der Waals surface area contributed by atoms with E-state index in [0.717, 1.165) is 33.2 Å². The third-order valence-electron chi connectivity index (χ3n) is 3.71. The van der Waals surface area contributed by atoms with E-state index in [9.17, 15) is 0 Å². The van der Waals surface area contributed by atoms with Gasteiger partial charge in [0.2, 0.25) is 0 Å². The monoisotopic (exact) mass is 332 g/mol. The van der Waals surface area contributed by atoms with Crippen molar-refractivity contribution in [2.45, 2.75) is 17.7 Å². The predicted octanol–water partition coefficient (Wildman–Crippen LogP) is 4.42. The molecule has 4 nitrogen and oxygen atoms in total. The number of aromatic nitrogens is 4. The van der Waals surface area contributed by atoms with Crippen LogP contribution in [0.5, 0.6) is 0 Å². The maximum atomic E-state index is 4.61. The Balaban J connectivity index is 1.57. The quantitative estimate of drug-likeness (QED) is 0.410. The van der Waals surface area contributed by atoms with Crippen molar-refractivity contribution in [2.75, 3.05) is 0 Å². The van der Waals surface area contributed by atoms with Crippen molar-refractivity contribution < 1.29 is 0 Å². The molecule has 24 heavy (non-hydrogen) atoms. The zero-order chi connectivity index (χ0) is 16.4. The molecule has 0 amide bonds. The van der Waals surface area contributed by atoms with Crippen LogP contribution in [0.15, 0.2) is 72.0 Å². The molecule has 0 aliphatic heterocycles. The highest BCUT2D eigenvalue weighted by Gasteiger charge is 2.08. The molecule has 0 atom stereocenters. The number of hydrogen-bond donors (Lipinski definition) is 0. The lowest BCUT2D eigenvalue weighted by molar-refractivity contribution is 0.880. The smallest absolute Gasteiger partial charge is 0.127 e. The van der Waals surface area contributed by atoms with E-state index in [2.05, 4.69) is 27.3 Å². The van der Waals surface area contributed by atoms with Crippen LogP contribution in [0.25, 0.3) is 16.6 Å². The molecule has 0 saturated carbocycles. The van der Waals surface area contributed by atoms with Crippen molar-refractivity contribution >= 4 is 22.7 Å². The van der Waals surface area contributed by atoms with Gasteiger partial charge in [-0.15, -0.1) is 11.8 Å². The van der Waals surface area contributed by atoms with Gasteiger partial charge in [-0.3, -0.25) is 0 Å². The number of benzene rings is 2. The Bertz CT molecular complexity index is 979. The summed E-state index contributed by atoms with van der Waals surface area (Å²) in [6.45, 7) is 1.93. The highest BCUT2D eigenvalue weighted by atomic mass is 32.2. The predicted molar refractivity (Wildman–Crippen MR) is 97.4 cm³/mol. The minimum atomic E-state index is 0.802. The first-order chi connectivity index (χ1) is 11.8. The molecule has 0 saturated heterocycles. The molecule has 0 spiro atoms. The molecular formula is C19H16N4S. The second kappa shape index (κ2) is 6.45. The molecule has 2 heterocycles. The maximum absolute atomic E-state index is 4.61. The largest absolute Gasteiger partial charge is 0.241 e. The number of hydrogen-bond acceptors (Lipinski definition) is 4. The molecule has 0 bridgehead atoms. The van der Waals surface area contributed by atoms with E-state index < -0.39 is 0 Å². The van der Waals surface area contributed by atoms with Crippen LogP contribution in [0, 0.1) is 6.92 Å². The number of para-hydroxylation sites is 2. The normalized spacial score (nSPS) is 11.0. The summed E-state index contributed by atoms with van der Waals surface area (Å²) in [5.41, 5.74) is 3.23. The number of aryl methyl sites for hydroxylation is 1. The number of fused-ring (bicyclic) bond motifs is 1. The molecule has 0 N–H and O–H groups in total. The lowest BCUT2D eigenvalue weighted by Crippen LogP contribution is -1.93. The second-order valence-electron chi connectivity index (χ2n) is 5.51. The summed E-state index contributed by atoms with van der Waals surface area (Å²) < 4.78 is 1.90. The molecule has 118 valence electrons. The Labute approximate surface area is 144 Å². The molecular weight excluding hydrogens is 316 g/mol. The standard InChI is InChI=1S/C19H16N4S/c1-14-21-18-10-6-5-9-17(18)19(22-14)24-13-15-11-20-23(12-15)16-7-3-2-4-8-16/h2-12H,13H2,1H3. The molecule has 2 aromatic heterocycles. The molecule has 0 unspecified atom stereocenters. The van der Waals surface area contributed by atoms with E-state index in [0.29, 0.717) is 0 Å². The van der Waals surface area contributed by atoms with Crippen LogP contribution < -0.4 is 0 Å². The zero-order valence-corrected chi connectivity index (χ0v) is 14.1. The molecule has 0 fully saturated rings. The highest BCUT2D eigenvalue weighted by molar-refractivity contribution is 7.98. The fourth-order valence-corrected chi connectivity index (χ4v) is 3.55. The number of thioether (sulfide) groups is 1. The minimum Gasteiger partial charge on any atom is -0.241 e. The fourth-order valence-electron chi connectivity index (χ4n) is 2.58. The lowest BCUT2D eigenvalue weighted by Gasteiger charge is -2.05. The summed E-state index contributed by atoms with van der Waals surface area (Å²) in [6.07, 6.45) is 3.98. The summed E-state index contributed by atoms with van der Waals surface area (Å²) in [5, 5.41) is 6.57. The molecule has 4 rings (SSSR count). The Hall–Kier alpha value is -2.66. The Morgan fingerprint density at radius 2 is 1.75 bits per heavy atom. The van der Waals surface area contributed by atoms with Crippen molar-refractivity contribution in [3.8, 4) is 5.69 Å². The van der Waals surface area contributed by atoms with Gasteiger partial charge in [0, 0.05) is 22.9 Å². The molecule has 4 aromatic rings. The van der Waals surface area contributed by atoms with E-state index in [-0.39, 0.29) is 0 Å². The number of rotatable bonds is 4. The molecule has 0 aliphatic rings. The Morgan fingerprint density at radius 1 is 0.958 bits per heavy atom. The third-order valence-corrected chi connectivity index (χ3v) is 4.77. The average molecular weight is 332 g/mol. The van der Waals surface area contributed by atoms with Crippen molar-refractivity contribution in [3.63, 3.8) is 0 Å². The summed E-state index contributed by atoms with van der Waals surface area (Å²) in [5.74, 6) is 1.63. The Morgan fingerprint density at radius 3 is 2.62 bits per heavy atom. The van der Waals surface area contributed by atoms with Gasteiger partial charge < -0.3 is 0 Å². The molecule has 5 heteroatoms. The van der Waals surface area contributed by atoms with Crippen LogP contribution in [-0.2, 0) is 5.75 Å². The first-order valence-electron chi connectivity index (χ1n) is 7.75. The van der Waals surface area contributed by atoms with Gasteiger partial charge in [-0.2, -0.15) is 5.10 Å². The van der Waals surface area contributed by atoms with Crippen molar-refractivity contribution in [1.82, 2.24) is 19.7 Å². The van der Waals surface area contributed by atoms with Gasteiger partial charge in [-0.05, 0) is 25.1 Å². The van der Waals surface area contributed by atoms with Crippen molar-refractivity contribution in [3.05, 3.63) is 78.4 Å². The summed E-state index contributed by atoms with van der Waals surface area (Å²) in [7, 11) is 0. The van der Waals surface area contributed by atoms with Gasteiger partial charge in [-0.25, -0.2) is 14.6 Å². The van der Waals surface area contributed by atoms with Gasteiger partial charge >= 0.3 is 0 Å². The highest BCUT2D eigenvalue weighted by Crippen LogP contribution is 2.28. The van der Waals surface area contributed by atoms with E-state index in [1.165, 1.54) is 5.56 Å². The van der Waals surface area contributed by atoms with Crippen LogP contribution in [-0.4, -0.2) is 19.7 Å². The van der Waals surface area contributed by atoms with E-state index in [1.807, 2.05) is 66.3 Å².